The van der Waals surface area contributed by atoms with Gasteiger partial charge < -0.3 is 55.2 Å². The largest absolute Gasteiger partial charge is 0.507 e. The second kappa shape index (κ2) is 17.1. The van der Waals surface area contributed by atoms with E-state index >= 15 is 0 Å². The van der Waals surface area contributed by atoms with Gasteiger partial charge in [-0.15, -0.1) is 12.4 Å². The van der Waals surface area contributed by atoms with Crippen molar-refractivity contribution in [2.75, 3.05) is 46.6 Å². The van der Waals surface area contributed by atoms with Gasteiger partial charge in [-0.1, -0.05) is 0 Å². The van der Waals surface area contributed by atoms with Crippen molar-refractivity contribution in [2.24, 2.45) is 0 Å². The normalized spacial score (nSPS) is 14.0. The highest BCUT2D eigenvalue weighted by molar-refractivity contribution is 6.06. The zero-order valence-corrected chi connectivity index (χ0v) is 24.5. The van der Waals surface area contributed by atoms with Gasteiger partial charge in [0.2, 0.25) is 17.8 Å². The number of carbonyl (C=O) groups is 1. The number of rotatable bonds is 6. The van der Waals surface area contributed by atoms with E-state index in [-0.39, 0.29) is 59.7 Å². The molecule has 0 bridgehead atoms. The first-order valence-corrected chi connectivity index (χ1v) is 12.6. The van der Waals surface area contributed by atoms with E-state index in [1.165, 1.54) is 31.0 Å². The van der Waals surface area contributed by atoms with Gasteiger partial charge in [0.15, 0.2) is 0 Å². The smallest absolute Gasteiger partial charge is 0.259 e. The summed E-state index contributed by atoms with van der Waals surface area (Å²) in [7, 11) is 0. The maximum atomic E-state index is 13.2. The van der Waals surface area contributed by atoms with E-state index in [2.05, 4.69) is 30.4 Å². The molecule has 2 saturated heterocycles. The van der Waals surface area contributed by atoms with Crippen LogP contribution < -0.4 is 45.0 Å². The Balaban J connectivity index is -0.000000623. The Morgan fingerprint density at radius 2 is 1.31 bits per heavy atom. The fourth-order valence-corrected chi connectivity index (χ4v) is 4.61. The van der Waals surface area contributed by atoms with Gasteiger partial charge in [-0.05, 0) is 62.8 Å². The zero-order chi connectivity index (χ0) is 25.8. The highest BCUT2D eigenvalue weighted by Gasteiger charge is 2.21. The van der Waals surface area contributed by atoms with Crippen LogP contribution in [0.2, 0.25) is 0 Å². The molecule has 0 spiro atoms. The highest BCUT2D eigenvalue weighted by Crippen LogP contribution is 2.30. The monoisotopic (exact) mass is 619 g/mol. The molecule has 2 aliphatic heterocycles. The first-order valence-electron chi connectivity index (χ1n) is 12.6. The van der Waals surface area contributed by atoms with Crippen molar-refractivity contribution in [1.82, 2.24) is 39.6 Å². The minimum absolute atomic E-state index is 0. The maximum Gasteiger partial charge on any atom is 0.259 e. The topological polar surface area (TPSA) is 267 Å². The second-order valence-electron chi connectivity index (χ2n) is 9.33. The van der Waals surface area contributed by atoms with Crippen molar-refractivity contribution in [1.29, 1.82) is 0 Å². The third kappa shape index (κ3) is 8.99. The Labute approximate surface area is 256 Å². The van der Waals surface area contributed by atoms with Gasteiger partial charge in [0, 0.05) is 49.7 Å². The number of aromatic nitrogens is 3. The summed E-state index contributed by atoms with van der Waals surface area (Å²) < 4.78 is 13.2. The van der Waals surface area contributed by atoms with Crippen LogP contribution in [0.4, 0.5) is 33.6 Å². The van der Waals surface area contributed by atoms with Crippen molar-refractivity contribution in [3.8, 4) is 11.5 Å². The highest BCUT2D eigenvalue weighted by atomic mass is 35.5. The molecule has 2 aromatic carbocycles. The maximum absolute atomic E-state index is 13.2. The Bertz CT molecular complexity index is 1280. The molecule has 16 N–H and O–H groups in total. The number of anilines is 5. The van der Waals surface area contributed by atoms with Crippen molar-refractivity contribution in [3.05, 3.63) is 47.8 Å². The summed E-state index contributed by atoms with van der Waals surface area (Å²) in [5.74, 6) is -0.347. The molecule has 242 valence electrons. The number of hydrogen-bond acceptors (Lipinski definition) is 13. The molecule has 1 aromatic heterocycles. The lowest BCUT2D eigenvalue weighted by molar-refractivity contribution is 0.102. The lowest BCUT2D eigenvalue weighted by Crippen LogP contribution is -2.34. The van der Waals surface area contributed by atoms with Crippen LogP contribution in [-0.4, -0.2) is 57.3 Å². The number of nitrogens with zero attached hydrogens (tertiary/aromatic N) is 5. The van der Waals surface area contributed by atoms with Gasteiger partial charge in [-0.25, -0.2) is 4.39 Å². The number of aromatic hydroxyl groups is 2. The number of piperidine rings is 2. The van der Waals surface area contributed by atoms with E-state index in [0.29, 0.717) is 23.5 Å². The Kier molecular flexibility index (Phi) is 15.4. The quantitative estimate of drug-likeness (QED) is 0.138. The van der Waals surface area contributed by atoms with E-state index in [1.807, 2.05) is 0 Å². The Morgan fingerprint density at radius 1 is 0.762 bits per heavy atom. The van der Waals surface area contributed by atoms with Gasteiger partial charge in [-0.2, -0.15) is 15.0 Å². The van der Waals surface area contributed by atoms with Gasteiger partial charge in [-0.3, -0.25) is 4.79 Å². The third-order valence-electron chi connectivity index (χ3n) is 6.60. The van der Waals surface area contributed by atoms with E-state index in [4.69, 9.17) is 4.98 Å². The van der Waals surface area contributed by atoms with Crippen molar-refractivity contribution in [3.63, 3.8) is 0 Å². The average molecular weight is 620 g/mol. The van der Waals surface area contributed by atoms with Crippen molar-refractivity contribution in [2.45, 2.75) is 38.5 Å². The molecule has 0 saturated carbocycles. The average Bonchev–Trinajstić information content (AvgIpc) is 2.91. The number of hydrogen-bond donors (Lipinski definition) is 8. The van der Waals surface area contributed by atoms with E-state index < -0.39 is 17.5 Å². The summed E-state index contributed by atoms with van der Waals surface area (Å²) in [6, 6.07) is 7.75. The molecule has 14 nitrogen and oxygen atoms in total. The number of carbonyl (C=O) groups excluding carboxylic acids is 1. The molecule has 2 aliphatic rings. The van der Waals surface area contributed by atoms with Crippen LogP contribution in [-0.2, 0) is 0 Å². The number of benzene rings is 2. The zero-order valence-electron chi connectivity index (χ0n) is 23.7. The molecule has 0 radical (unpaired) electrons. The fraction of sp³-hybridized carbons (Fsp3) is 0.385. The van der Waals surface area contributed by atoms with Gasteiger partial charge in [0.05, 0.1) is 11.3 Å². The molecule has 0 aliphatic carbocycles. The molecule has 42 heavy (non-hydrogen) atoms. The molecule has 2 fully saturated rings. The molecule has 0 atom stereocenters. The molecular formula is C26H51ClFN11O3. The number of amides is 1. The predicted octanol–water partition coefficient (Wildman–Crippen LogP) is 6.45. The van der Waals surface area contributed by atoms with Crippen molar-refractivity contribution < 1.29 is 25.1 Å². The minimum atomic E-state index is -0.677. The van der Waals surface area contributed by atoms with Crippen LogP contribution >= 0.6 is 12.4 Å². The number of phenols is 2. The van der Waals surface area contributed by atoms with E-state index in [9.17, 15) is 19.4 Å². The van der Waals surface area contributed by atoms with Crippen LogP contribution in [0.15, 0.2) is 36.4 Å². The van der Waals surface area contributed by atoms with Gasteiger partial charge in [0.25, 0.3) is 5.91 Å². The van der Waals surface area contributed by atoms with Gasteiger partial charge in [0.1, 0.15) is 17.3 Å². The van der Waals surface area contributed by atoms with E-state index in [0.717, 1.165) is 64.0 Å². The standard InChI is InChI=1S/C26H30FN7O3.ClH.4H3N.4H2/c27-17-7-9-19(21(35)15-17)23(37)29-20-10-8-18(16-22(20)36)28-24-30-25(33-11-3-1-4-12-33)32-26(31-24)34-13-5-2-6-14-34;;;;;;;;;/h7-10,15-16,35-36H,1-6,11-14H2,(H,29,37)(H,28,30,31,32);1H;4*1H3;4*1H. The fourth-order valence-electron chi connectivity index (χ4n) is 4.61. The molecule has 0 unspecified atom stereocenters. The number of phenolic OH excluding ortho intramolecular Hbond substituents is 2. The summed E-state index contributed by atoms with van der Waals surface area (Å²) in [4.78, 5) is 31.0. The predicted molar refractivity (Wildman–Crippen MR) is 175 cm³/mol. The second-order valence-corrected chi connectivity index (χ2v) is 9.33. The SMILES string of the molecule is Cl.N.N.N.N.O=C(Nc1ccc(Nc2nc(N3CCCCC3)nc(N3CCCCC3)n2)cc1O)c1ccc(F)cc1O.[HH].[HH].[HH].[HH]. The van der Waals surface area contributed by atoms with E-state index in [1.54, 1.807) is 6.07 Å². The molecule has 3 heterocycles. The number of halogens is 2. The van der Waals surface area contributed by atoms with Crippen LogP contribution in [0.5, 0.6) is 11.5 Å². The van der Waals surface area contributed by atoms with Crippen molar-refractivity contribution >= 4 is 47.5 Å². The minimum Gasteiger partial charge on any atom is -0.507 e. The van der Waals surface area contributed by atoms with Crippen LogP contribution in [0.3, 0.4) is 0 Å². The molecule has 16 heteroatoms. The van der Waals surface area contributed by atoms with Crippen LogP contribution in [0.25, 0.3) is 0 Å². The summed E-state index contributed by atoms with van der Waals surface area (Å²) >= 11 is 0. The van der Waals surface area contributed by atoms with Crippen LogP contribution in [0, 0.1) is 5.82 Å². The lowest BCUT2D eigenvalue weighted by Gasteiger charge is -2.30. The summed E-state index contributed by atoms with van der Waals surface area (Å²) in [5, 5.41) is 26.1. The Hall–Kier alpha value is -4.02. The summed E-state index contributed by atoms with van der Waals surface area (Å²) in [6.45, 7) is 3.62. The summed E-state index contributed by atoms with van der Waals surface area (Å²) in [5.41, 5.74) is 0.558. The molecule has 3 aromatic rings. The molecule has 1 amide bonds. The molecule has 5 rings (SSSR count). The molecular weight excluding hydrogens is 569 g/mol. The Morgan fingerprint density at radius 3 is 1.81 bits per heavy atom. The third-order valence-corrected chi connectivity index (χ3v) is 6.60. The lowest BCUT2D eigenvalue weighted by atomic mass is 10.1. The van der Waals surface area contributed by atoms with Crippen LogP contribution in [0.1, 0.15) is 54.6 Å². The van der Waals surface area contributed by atoms with Gasteiger partial charge >= 0.3 is 0 Å². The first kappa shape index (κ1) is 38.0. The number of nitrogens with one attached hydrogen (secondary N) is 2. The summed E-state index contributed by atoms with van der Waals surface area (Å²) in [6.07, 6.45) is 6.81. The first-order chi connectivity index (χ1) is 18.0.